The predicted octanol–water partition coefficient (Wildman–Crippen LogP) is 3.82. The zero-order chi connectivity index (χ0) is 26.8. The molecule has 0 bridgehead atoms. The summed E-state index contributed by atoms with van der Waals surface area (Å²) in [5.74, 6) is -0.468. The first-order valence-electron chi connectivity index (χ1n) is 12.1. The van der Waals surface area contributed by atoms with E-state index in [-0.39, 0.29) is 35.3 Å². The standard InChI is InChI=1S/C27H31N3O5S2/c1-20(2)24-16-10-11-21(3)26(24)28-27(31)25-19-29(36(32,33)22-12-6-4-7-13-22)17-18-30(25)37(34,35)23-14-8-5-9-15-23/h4-16,20,25H,17-19H2,1-3H3,(H,28,31)/t25-/m1/s1. The van der Waals surface area contributed by atoms with Crippen LogP contribution in [0, 0.1) is 6.92 Å². The molecule has 1 saturated heterocycles. The van der Waals surface area contributed by atoms with Crippen molar-refractivity contribution < 1.29 is 21.6 Å². The molecule has 0 aliphatic carbocycles. The number of nitrogens with one attached hydrogen (secondary N) is 1. The minimum atomic E-state index is -4.07. The third-order valence-corrected chi connectivity index (χ3v) is 10.3. The molecule has 37 heavy (non-hydrogen) atoms. The van der Waals surface area contributed by atoms with E-state index in [1.807, 2.05) is 39.0 Å². The van der Waals surface area contributed by atoms with Crippen molar-refractivity contribution in [1.29, 1.82) is 0 Å². The Morgan fingerprint density at radius 3 is 1.95 bits per heavy atom. The number of carbonyl (C=O) groups is 1. The molecule has 1 atom stereocenters. The highest BCUT2D eigenvalue weighted by Gasteiger charge is 2.43. The van der Waals surface area contributed by atoms with Gasteiger partial charge in [-0.1, -0.05) is 68.4 Å². The zero-order valence-electron chi connectivity index (χ0n) is 21.0. The maximum Gasteiger partial charge on any atom is 0.244 e. The third kappa shape index (κ3) is 5.47. The van der Waals surface area contributed by atoms with Gasteiger partial charge in [-0.25, -0.2) is 16.8 Å². The Labute approximate surface area is 219 Å². The van der Waals surface area contributed by atoms with Gasteiger partial charge in [-0.3, -0.25) is 4.79 Å². The molecule has 0 radical (unpaired) electrons. The van der Waals surface area contributed by atoms with Crippen LogP contribution in [0.4, 0.5) is 5.69 Å². The van der Waals surface area contributed by atoms with Crippen molar-refractivity contribution in [3.05, 3.63) is 90.0 Å². The molecule has 0 unspecified atom stereocenters. The van der Waals surface area contributed by atoms with Crippen LogP contribution in [0.25, 0.3) is 0 Å². The van der Waals surface area contributed by atoms with E-state index in [9.17, 15) is 21.6 Å². The van der Waals surface area contributed by atoms with Crippen LogP contribution in [-0.2, 0) is 24.8 Å². The van der Waals surface area contributed by atoms with Crippen molar-refractivity contribution in [1.82, 2.24) is 8.61 Å². The van der Waals surface area contributed by atoms with Gasteiger partial charge in [0.2, 0.25) is 26.0 Å². The molecule has 1 fully saturated rings. The number of piperazine rings is 1. The molecular formula is C27H31N3O5S2. The van der Waals surface area contributed by atoms with E-state index in [1.54, 1.807) is 36.4 Å². The maximum atomic E-state index is 13.8. The van der Waals surface area contributed by atoms with Crippen molar-refractivity contribution in [2.24, 2.45) is 0 Å². The molecule has 1 heterocycles. The van der Waals surface area contributed by atoms with Crippen LogP contribution in [0.1, 0.15) is 30.9 Å². The van der Waals surface area contributed by atoms with Crippen molar-refractivity contribution in [3.8, 4) is 0 Å². The monoisotopic (exact) mass is 541 g/mol. The fourth-order valence-corrected chi connectivity index (χ4v) is 7.53. The zero-order valence-corrected chi connectivity index (χ0v) is 22.7. The number of benzene rings is 3. The number of hydrogen-bond acceptors (Lipinski definition) is 5. The molecule has 3 aromatic carbocycles. The Morgan fingerprint density at radius 1 is 0.811 bits per heavy atom. The number of para-hydroxylation sites is 1. The molecule has 1 aliphatic rings. The van der Waals surface area contributed by atoms with Gasteiger partial charge in [0.1, 0.15) is 6.04 Å². The summed E-state index contributed by atoms with van der Waals surface area (Å²) in [5.41, 5.74) is 2.36. The smallest absolute Gasteiger partial charge is 0.244 e. The largest absolute Gasteiger partial charge is 0.324 e. The summed E-state index contributed by atoms with van der Waals surface area (Å²) >= 11 is 0. The van der Waals surface area contributed by atoms with Gasteiger partial charge in [0, 0.05) is 25.3 Å². The quantitative estimate of drug-likeness (QED) is 0.490. The number of aryl methyl sites for hydroxylation is 1. The first-order valence-corrected chi connectivity index (χ1v) is 14.9. The number of rotatable bonds is 7. The molecule has 8 nitrogen and oxygen atoms in total. The molecule has 0 spiro atoms. The van der Waals surface area contributed by atoms with Crippen LogP contribution in [0.15, 0.2) is 88.7 Å². The molecular weight excluding hydrogens is 510 g/mol. The van der Waals surface area contributed by atoms with Crippen LogP contribution in [-0.4, -0.2) is 57.0 Å². The Kier molecular flexibility index (Phi) is 7.84. The lowest BCUT2D eigenvalue weighted by atomic mass is 9.98. The maximum absolute atomic E-state index is 13.8. The Hall–Kier alpha value is -3.05. The van der Waals surface area contributed by atoms with Crippen molar-refractivity contribution >= 4 is 31.6 Å². The number of anilines is 1. The number of hydrogen-bond donors (Lipinski definition) is 1. The molecule has 3 aromatic rings. The minimum absolute atomic E-state index is 0.0472. The molecule has 1 N–H and O–H groups in total. The fourth-order valence-electron chi connectivity index (χ4n) is 4.48. The lowest BCUT2D eigenvalue weighted by Crippen LogP contribution is -2.60. The second-order valence-corrected chi connectivity index (χ2v) is 13.1. The second kappa shape index (κ2) is 10.7. The number of nitrogens with zero attached hydrogens (tertiary/aromatic N) is 2. The minimum Gasteiger partial charge on any atom is -0.324 e. The van der Waals surface area contributed by atoms with Gasteiger partial charge < -0.3 is 5.32 Å². The first-order chi connectivity index (χ1) is 17.5. The van der Waals surface area contributed by atoms with E-state index in [2.05, 4.69) is 5.32 Å². The summed E-state index contributed by atoms with van der Waals surface area (Å²) in [6.45, 7) is 5.34. The number of sulfonamides is 2. The first kappa shape index (κ1) is 27.0. The summed E-state index contributed by atoms with van der Waals surface area (Å²) in [5, 5.41) is 2.93. The topological polar surface area (TPSA) is 104 Å². The van der Waals surface area contributed by atoms with Gasteiger partial charge in [-0.2, -0.15) is 8.61 Å². The van der Waals surface area contributed by atoms with Gasteiger partial charge in [-0.05, 0) is 48.2 Å². The van der Waals surface area contributed by atoms with Crippen LogP contribution in [0.5, 0.6) is 0 Å². The average Bonchev–Trinajstić information content (AvgIpc) is 2.90. The van der Waals surface area contributed by atoms with E-state index in [4.69, 9.17) is 0 Å². The lowest BCUT2D eigenvalue weighted by Gasteiger charge is -2.39. The van der Waals surface area contributed by atoms with Crippen molar-refractivity contribution in [3.63, 3.8) is 0 Å². The molecule has 10 heteroatoms. The predicted molar refractivity (Wildman–Crippen MR) is 143 cm³/mol. The molecule has 0 aromatic heterocycles. The molecule has 1 amide bonds. The summed E-state index contributed by atoms with van der Waals surface area (Å²) in [6.07, 6.45) is 0. The highest BCUT2D eigenvalue weighted by molar-refractivity contribution is 7.89. The normalized spacial score (nSPS) is 17.6. The summed E-state index contributed by atoms with van der Waals surface area (Å²) in [6, 6.07) is 20.2. The van der Waals surface area contributed by atoms with Crippen LogP contribution in [0.3, 0.4) is 0 Å². The lowest BCUT2D eigenvalue weighted by molar-refractivity contribution is -0.120. The average molecular weight is 542 g/mol. The van der Waals surface area contributed by atoms with Crippen LogP contribution >= 0.6 is 0 Å². The highest BCUT2D eigenvalue weighted by Crippen LogP contribution is 2.30. The van der Waals surface area contributed by atoms with E-state index in [0.29, 0.717) is 5.69 Å². The van der Waals surface area contributed by atoms with Gasteiger partial charge >= 0.3 is 0 Å². The van der Waals surface area contributed by atoms with Gasteiger partial charge in [0.05, 0.1) is 9.79 Å². The van der Waals surface area contributed by atoms with Gasteiger partial charge in [0.25, 0.3) is 0 Å². The van der Waals surface area contributed by atoms with Gasteiger partial charge in [-0.15, -0.1) is 0 Å². The van der Waals surface area contributed by atoms with Crippen molar-refractivity contribution in [2.45, 2.75) is 42.5 Å². The van der Waals surface area contributed by atoms with Gasteiger partial charge in [0.15, 0.2) is 0 Å². The molecule has 0 saturated carbocycles. The number of carbonyl (C=O) groups excluding carboxylic acids is 1. The van der Waals surface area contributed by atoms with Crippen LogP contribution in [0.2, 0.25) is 0 Å². The van der Waals surface area contributed by atoms with Crippen LogP contribution < -0.4 is 5.32 Å². The van der Waals surface area contributed by atoms with E-state index in [1.165, 1.54) is 28.6 Å². The Balaban J connectivity index is 1.73. The third-order valence-electron chi connectivity index (χ3n) is 6.50. The van der Waals surface area contributed by atoms with E-state index < -0.39 is 32.0 Å². The van der Waals surface area contributed by atoms with E-state index >= 15 is 0 Å². The SMILES string of the molecule is Cc1cccc(C(C)C)c1NC(=O)[C@H]1CN(S(=O)(=O)c2ccccc2)CCN1S(=O)(=O)c1ccccc1. The fraction of sp³-hybridized carbons (Fsp3) is 0.296. The summed E-state index contributed by atoms with van der Waals surface area (Å²) in [4.78, 5) is 13.9. The summed E-state index contributed by atoms with van der Waals surface area (Å²) < 4.78 is 56.2. The Bertz CT molecular complexity index is 1470. The molecule has 196 valence electrons. The van der Waals surface area contributed by atoms with Crippen molar-refractivity contribution in [2.75, 3.05) is 25.0 Å². The number of amides is 1. The second-order valence-electron chi connectivity index (χ2n) is 9.30. The summed E-state index contributed by atoms with van der Waals surface area (Å²) in [7, 11) is -8.00. The Morgan fingerprint density at radius 2 is 1.38 bits per heavy atom. The molecule has 1 aliphatic heterocycles. The van der Waals surface area contributed by atoms with E-state index in [0.717, 1.165) is 15.4 Å². The highest BCUT2D eigenvalue weighted by atomic mass is 32.2. The molecule has 4 rings (SSSR count).